The maximum atomic E-state index is 11.2. The van der Waals surface area contributed by atoms with E-state index in [4.69, 9.17) is 9.47 Å². The molecule has 5 nitrogen and oxygen atoms in total. The van der Waals surface area contributed by atoms with Crippen LogP contribution in [0, 0.1) is 6.92 Å². The van der Waals surface area contributed by atoms with Crippen molar-refractivity contribution in [3.63, 3.8) is 0 Å². The summed E-state index contributed by atoms with van der Waals surface area (Å²) in [4.78, 5) is 13.3. The van der Waals surface area contributed by atoms with Gasteiger partial charge in [-0.2, -0.15) is 0 Å². The lowest BCUT2D eigenvalue weighted by atomic mass is 9.95. The summed E-state index contributed by atoms with van der Waals surface area (Å²) in [6, 6.07) is 16.1. The Labute approximate surface area is 184 Å². The Morgan fingerprint density at radius 2 is 2.00 bits per heavy atom. The highest BCUT2D eigenvalue weighted by Crippen LogP contribution is 2.28. The van der Waals surface area contributed by atoms with Gasteiger partial charge in [0.2, 0.25) is 0 Å². The Balaban J connectivity index is 0.00000320. The molecule has 6 heteroatoms. The molecule has 1 aliphatic heterocycles. The third kappa shape index (κ3) is 6.12. The molecule has 0 amide bonds. The van der Waals surface area contributed by atoms with Crippen molar-refractivity contribution in [3.05, 3.63) is 83.1 Å². The number of halogens is 1. The Hall–Kier alpha value is -2.76. The summed E-state index contributed by atoms with van der Waals surface area (Å²) < 4.78 is 11.3. The third-order valence-corrected chi connectivity index (χ3v) is 5.05. The summed E-state index contributed by atoms with van der Waals surface area (Å²) in [7, 11) is 1.66. The van der Waals surface area contributed by atoms with Gasteiger partial charge in [0.25, 0.3) is 0 Å². The number of carbonyl (C=O) groups is 1. The molecular formula is C24H28ClNO4. The Kier molecular flexibility index (Phi) is 8.96. The molecule has 160 valence electrons. The van der Waals surface area contributed by atoms with E-state index >= 15 is 0 Å². The zero-order valence-electron chi connectivity index (χ0n) is 17.3. The van der Waals surface area contributed by atoms with Crippen LogP contribution in [0.2, 0.25) is 0 Å². The number of benzene rings is 2. The molecule has 30 heavy (non-hydrogen) atoms. The first-order valence-electron chi connectivity index (χ1n) is 9.75. The van der Waals surface area contributed by atoms with Crippen LogP contribution in [0.4, 0.5) is 0 Å². The van der Waals surface area contributed by atoms with Crippen molar-refractivity contribution in [2.24, 2.45) is 0 Å². The van der Waals surface area contributed by atoms with Gasteiger partial charge in [0, 0.05) is 30.8 Å². The number of ether oxygens (including phenoxy) is 2. The van der Waals surface area contributed by atoms with Gasteiger partial charge >= 0.3 is 5.97 Å². The highest BCUT2D eigenvalue weighted by atomic mass is 35.5. The van der Waals surface area contributed by atoms with Crippen LogP contribution in [-0.2, 0) is 9.53 Å². The van der Waals surface area contributed by atoms with Gasteiger partial charge in [-0.15, -0.1) is 12.4 Å². The number of rotatable bonds is 8. The van der Waals surface area contributed by atoms with Crippen molar-refractivity contribution in [2.75, 3.05) is 33.4 Å². The van der Waals surface area contributed by atoms with Crippen LogP contribution in [0.3, 0.4) is 0 Å². The highest BCUT2D eigenvalue weighted by molar-refractivity contribution is 5.87. The standard InChI is InChI=1S/C24H27NO4.ClH/c1-18-7-3-4-11-22(18)23(19-8-5-10-21(15-19)28-2)17-29-14-13-25-12-6-9-20(16-25)24(26)27;/h3-5,7-11,15,17H,6,12-14,16H2,1-2H3,(H,26,27);1H. The van der Waals surface area contributed by atoms with Crippen molar-refractivity contribution >= 4 is 23.9 Å². The van der Waals surface area contributed by atoms with Crippen molar-refractivity contribution in [1.82, 2.24) is 4.90 Å². The first-order valence-corrected chi connectivity index (χ1v) is 9.75. The minimum atomic E-state index is -0.838. The van der Waals surface area contributed by atoms with E-state index in [-0.39, 0.29) is 12.4 Å². The summed E-state index contributed by atoms with van der Waals surface area (Å²) in [5, 5.41) is 9.18. The smallest absolute Gasteiger partial charge is 0.332 e. The van der Waals surface area contributed by atoms with Crippen LogP contribution in [0.5, 0.6) is 5.75 Å². The van der Waals surface area contributed by atoms with Crippen LogP contribution in [-0.4, -0.2) is 49.3 Å². The van der Waals surface area contributed by atoms with E-state index in [2.05, 4.69) is 24.0 Å². The molecule has 3 rings (SSSR count). The van der Waals surface area contributed by atoms with Gasteiger partial charge in [-0.3, -0.25) is 4.90 Å². The second-order valence-electron chi connectivity index (χ2n) is 7.05. The topological polar surface area (TPSA) is 59.0 Å². The summed E-state index contributed by atoms with van der Waals surface area (Å²) >= 11 is 0. The number of hydrogen-bond donors (Lipinski definition) is 1. The number of aliphatic carboxylic acids is 1. The maximum Gasteiger partial charge on any atom is 0.332 e. The summed E-state index contributed by atoms with van der Waals surface area (Å²) in [6.07, 6.45) is 4.36. The molecule has 1 heterocycles. The predicted octanol–water partition coefficient (Wildman–Crippen LogP) is 4.55. The van der Waals surface area contributed by atoms with Crippen LogP contribution < -0.4 is 4.74 Å². The van der Waals surface area contributed by atoms with E-state index in [9.17, 15) is 9.90 Å². The number of methoxy groups -OCH3 is 1. The van der Waals surface area contributed by atoms with Gasteiger partial charge in [0.05, 0.1) is 13.4 Å². The molecule has 0 radical (unpaired) electrons. The van der Waals surface area contributed by atoms with Gasteiger partial charge in [0.1, 0.15) is 12.4 Å². The van der Waals surface area contributed by atoms with E-state index in [0.29, 0.717) is 25.3 Å². The van der Waals surface area contributed by atoms with E-state index in [1.807, 2.05) is 36.4 Å². The average Bonchev–Trinajstić information content (AvgIpc) is 2.75. The molecule has 2 aromatic carbocycles. The fourth-order valence-corrected chi connectivity index (χ4v) is 3.43. The van der Waals surface area contributed by atoms with Crippen molar-refractivity contribution < 1.29 is 19.4 Å². The minimum Gasteiger partial charge on any atom is -0.499 e. The molecule has 0 saturated carbocycles. The second kappa shape index (κ2) is 11.4. The van der Waals surface area contributed by atoms with Crippen molar-refractivity contribution in [1.29, 1.82) is 0 Å². The zero-order chi connectivity index (χ0) is 20.6. The second-order valence-corrected chi connectivity index (χ2v) is 7.05. The Bertz CT molecular complexity index is 923. The molecule has 0 bridgehead atoms. The van der Waals surface area contributed by atoms with Gasteiger partial charge in [-0.25, -0.2) is 4.79 Å². The molecule has 0 fully saturated rings. The van der Waals surface area contributed by atoms with Crippen LogP contribution in [0.15, 0.2) is 66.4 Å². The molecule has 2 aromatic rings. The predicted molar refractivity (Wildman–Crippen MR) is 121 cm³/mol. The molecule has 0 spiro atoms. The Morgan fingerprint density at radius 3 is 2.73 bits per heavy atom. The van der Waals surface area contributed by atoms with Crippen molar-refractivity contribution in [3.8, 4) is 5.75 Å². The quantitative estimate of drug-likeness (QED) is 0.492. The molecule has 0 saturated heterocycles. The van der Waals surface area contributed by atoms with Crippen molar-refractivity contribution in [2.45, 2.75) is 13.3 Å². The molecule has 1 N–H and O–H groups in total. The maximum absolute atomic E-state index is 11.2. The minimum absolute atomic E-state index is 0. The van der Waals surface area contributed by atoms with Gasteiger partial charge in [-0.1, -0.05) is 42.5 Å². The molecular weight excluding hydrogens is 402 g/mol. The summed E-state index contributed by atoms with van der Waals surface area (Å²) in [5.41, 5.74) is 4.75. The average molecular weight is 430 g/mol. The van der Waals surface area contributed by atoms with Crippen LogP contribution in [0.25, 0.3) is 5.57 Å². The number of nitrogens with zero attached hydrogens (tertiary/aromatic N) is 1. The number of aryl methyl sites for hydroxylation is 1. The van der Waals surface area contributed by atoms with E-state index in [0.717, 1.165) is 41.0 Å². The molecule has 1 aliphatic rings. The summed E-state index contributed by atoms with van der Waals surface area (Å²) in [5.74, 6) is -0.0429. The Morgan fingerprint density at radius 1 is 1.20 bits per heavy atom. The SMILES string of the molecule is COc1cccc(C(=COCCN2CCC=C(C(=O)O)C2)c2ccccc2C)c1.Cl. The van der Waals surface area contributed by atoms with E-state index in [1.165, 1.54) is 0 Å². The lowest BCUT2D eigenvalue weighted by Crippen LogP contribution is -2.34. The first kappa shape index (κ1) is 23.5. The van der Waals surface area contributed by atoms with Crippen LogP contribution in [0.1, 0.15) is 23.1 Å². The summed E-state index contributed by atoms with van der Waals surface area (Å²) in [6.45, 7) is 4.57. The first-order chi connectivity index (χ1) is 14.1. The third-order valence-electron chi connectivity index (χ3n) is 5.05. The monoisotopic (exact) mass is 429 g/mol. The molecule has 0 aliphatic carbocycles. The van der Waals surface area contributed by atoms with E-state index in [1.54, 1.807) is 19.4 Å². The molecule has 0 aromatic heterocycles. The van der Waals surface area contributed by atoms with Crippen LogP contribution >= 0.6 is 12.4 Å². The lowest BCUT2D eigenvalue weighted by Gasteiger charge is -2.25. The lowest BCUT2D eigenvalue weighted by molar-refractivity contribution is -0.133. The molecule has 0 unspecified atom stereocenters. The molecule has 0 atom stereocenters. The fraction of sp³-hybridized carbons (Fsp3) is 0.292. The van der Waals surface area contributed by atoms with Gasteiger partial charge in [0.15, 0.2) is 0 Å². The normalized spacial score (nSPS) is 14.5. The number of carboxylic acid groups (broad SMARTS) is 1. The van der Waals surface area contributed by atoms with Gasteiger partial charge in [-0.05, 0) is 42.2 Å². The highest BCUT2D eigenvalue weighted by Gasteiger charge is 2.17. The largest absolute Gasteiger partial charge is 0.499 e. The van der Waals surface area contributed by atoms with Gasteiger partial charge < -0.3 is 14.6 Å². The zero-order valence-corrected chi connectivity index (χ0v) is 18.2. The number of hydrogen-bond acceptors (Lipinski definition) is 4. The van der Waals surface area contributed by atoms with E-state index < -0.39 is 5.97 Å². The fourth-order valence-electron chi connectivity index (χ4n) is 3.43. The number of carboxylic acids is 1.